The lowest BCUT2D eigenvalue weighted by Gasteiger charge is -2.06. The summed E-state index contributed by atoms with van der Waals surface area (Å²) in [5.41, 5.74) is 4.60. The van der Waals surface area contributed by atoms with Crippen molar-refractivity contribution in [3.63, 3.8) is 0 Å². The number of methoxy groups -OCH3 is 2. The smallest absolute Gasteiger partial charge is 0.243 e. The Morgan fingerprint density at radius 3 is 2.67 bits per heavy atom. The zero-order valence-electron chi connectivity index (χ0n) is 13.7. The van der Waals surface area contributed by atoms with E-state index in [9.17, 15) is 4.79 Å². The van der Waals surface area contributed by atoms with Gasteiger partial charge in [-0.3, -0.25) is 4.79 Å². The van der Waals surface area contributed by atoms with Gasteiger partial charge in [0, 0.05) is 17.5 Å². The molecular formula is C19H20N2O3. The minimum absolute atomic E-state index is 0.00214. The average molecular weight is 324 g/mol. The van der Waals surface area contributed by atoms with Gasteiger partial charge < -0.3 is 9.47 Å². The van der Waals surface area contributed by atoms with Gasteiger partial charge in [-0.15, -0.1) is 0 Å². The Morgan fingerprint density at radius 1 is 1.17 bits per heavy atom. The molecule has 0 radical (unpaired) electrons. The van der Waals surface area contributed by atoms with Crippen molar-refractivity contribution in [1.29, 1.82) is 0 Å². The van der Waals surface area contributed by atoms with Crippen LogP contribution in [0.1, 0.15) is 23.5 Å². The molecule has 2 unspecified atom stereocenters. The Kier molecular flexibility index (Phi) is 4.79. The first-order chi connectivity index (χ1) is 11.7. The van der Waals surface area contributed by atoms with Crippen LogP contribution in [0.15, 0.2) is 53.6 Å². The summed E-state index contributed by atoms with van der Waals surface area (Å²) in [7, 11) is 3.18. The van der Waals surface area contributed by atoms with Crippen molar-refractivity contribution in [2.45, 2.75) is 12.3 Å². The summed E-state index contributed by atoms with van der Waals surface area (Å²) >= 11 is 0. The molecule has 3 rings (SSSR count). The van der Waals surface area contributed by atoms with Crippen LogP contribution in [0, 0.1) is 5.92 Å². The molecule has 1 fully saturated rings. The molecule has 0 heterocycles. The molecule has 2 aromatic rings. The third kappa shape index (κ3) is 3.56. The monoisotopic (exact) mass is 324 g/mol. The van der Waals surface area contributed by atoms with E-state index in [1.165, 1.54) is 5.56 Å². The second-order valence-corrected chi connectivity index (χ2v) is 5.70. The Balaban J connectivity index is 1.58. The molecule has 1 aliphatic rings. The number of hydrogen-bond acceptors (Lipinski definition) is 4. The number of carbonyl (C=O) groups excluding carboxylic acids is 1. The van der Waals surface area contributed by atoms with Crippen LogP contribution in [0.5, 0.6) is 11.5 Å². The molecule has 5 nitrogen and oxygen atoms in total. The van der Waals surface area contributed by atoms with E-state index in [2.05, 4.69) is 22.7 Å². The van der Waals surface area contributed by atoms with E-state index in [0.29, 0.717) is 17.4 Å². The summed E-state index contributed by atoms with van der Waals surface area (Å²) in [4.78, 5) is 12.2. The van der Waals surface area contributed by atoms with Gasteiger partial charge in [0.2, 0.25) is 5.91 Å². The molecular weight excluding hydrogens is 304 g/mol. The Bertz CT molecular complexity index is 744. The molecule has 0 aromatic heterocycles. The summed E-state index contributed by atoms with van der Waals surface area (Å²) in [6.07, 6.45) is 2.45. The van der Waals surface area contributed by atoms with E-state index < -0.39 is 0 Å². The second-order valence-electron chi connectivity index (χ2n) is 5.70. The van der Waals surface area contributed by atoms with Gasteiger partial charge >= 0.3 is 0 Å². The number of rotatable bonds is 6. The van der Waals surface area contributed by atoms with Crippen molar-refractivity contribution < 1.29 is 14.3 Å². The highest BCUT2D eigenvalue weighted by Crippen LogP contribution is 2.47. The zero-order valence-corrected chi connectivity index (χ0v) is 13.7. The number of carbonyl (C=O) groups is 1. The van der Waals surface area contributed by atoms with Gasteiger partial charge in [0.05, 0.1) is 20.4 Å². The summed E-state index contributed by atoms with van der Waals surface area (Å²) in [6, 6.07) is 15.5. The Hall–Kier alpha value is -2.82. The van der Waals surface area contributed by atoms with Crippen LogP contribution in [0.4, 0.5) is 0 Å². The molecule has 24 heavy (non-hydrogen) atoms. The lowest BCUT2D eigenvalue weighted by Crippen LogP contribution is -2.20. The third-order valence-corrected chi connectivity index (χ3v) is 4.17. The quantitative estimate of drug-likeness (QED) is 0.656. The van der Waals surface area contributed by atoms with Crippen molar-refractivity contribution >= 4 is 12.1 Å². The number of nitrogens with zero attached hydrogens (tertiary/aromatic N) is 1. The normalized spacial score (nSPS) is 19.1. The van der Waals surface area contributed by atoms with Gasteiger partial charge in [-0.2, -0.15) is 5.10 Å². The first-order valence-electron chi connectivity index (χ1n) is 7.83. The summed E-state index contributed by atoms with van der Waals surface area (Å²) in [5.74, 6) is 1.60. The number of amides is 1. The van der Waals surface area contributed by atoms with Gasteiger partial charge in [-0.05, 0) is 30.0 Å². The van der Waals surface area contributed by atoms with Crippen LogP contribution in [0.3, 0.4) is 0 Å². The molecule has 0 aliphatic heterocycles. The Labute approximate surface area is 141 Å². The van der Waals surface area contributed by atoms with Crippen molar-refractivity contribution in [3.05, 3.63) is 59.7 Å². The summed E-state index contributed by atoms with van der Waals surface area (Å²) in [5, 5.41) is 4.05. The molecule has 0 saturated heterocycles. The van der Waals surface area contributed by atoms with Crippen molar-refractivity contribution in [2.75, 3.05) is 14.2 Å². The zero-order chi connectivity index (χ0) is 16.9. The SMILES string of the molecule is COc1ccc(/C=N/NC(=O)C2CC2c2ccccc2)c(OC)c1. The molecule has 2 aromatic carbocycles. The van der Waals surface area contributed by atoms with E-state index in [0.717, 1.165) is 12.0 Å². The molecule has 5 heteroatoms. The minimum Gasteiger partial charge on any atom is -0.497 e. The predicted octanol–water partition coefficient (Wildman–Crippen LogP) is 2.96. The number of ether oxygens (including phenoxy) is 2. The number of benzene rings is 2. The van der Waals surface area contributed by atoms with E-state index in [4.69, 9.17) is 9.47 Å². The predicted molar refractivity (Wildman–Crippen MR) is 92.6 cm³/mol. The lowest BCUT2D eigenvalue weighted by molar-refractivity contribution is -0.122. The van der Waals surface area contributed by atoms with Crippen LogP contribution in [0.25, 0.3) is 0 Å². The molecule has 124 valence electrons. The standard InChI is InChI=1S/C19H20N2O3/c1-23-15-9-8-14(18(10-15)24-2)12-20-21-19(22)17-11-16(17)13-6-4-3-5-7-13/h3-10,12,16-17H,11H2,1-2H3,(H,21,22)/b20-12+. The maximum absolute atomic E-state index is 12.2. The van der Waals surface area contributed by atoms with Gasteiger partial charge in [-0.25, -0.2) is 5.43 Å². The lowest BCUT2D eigenvalue weighted by atomic mass is 10.1. The van der Waals surface area contributed by atoms with Gasteiger partial charge in [0.1, 0.15) is 11.5 Å². The molecule has 2 atom stereocenters. The fourth-order valence-corrected chi connectivity index (χ4v) is 2.73. The molecule has 1 N–H and O–H groups in total. The molecule has 1 saturated carbocycles. The van der Waals surface area contributed by atoms with Gasteiger partial charge in [-0.1, -0.05) is 30.3 Å². The van der Waals surface area contributed by atoms with Gasteiger partial charge in [0.15, 0.2) is 0 Å². The van der Waals surface area contributed by atoms with E-state index in [-0.39, 0.29) is 11.8 Å². The molecule has 1 amide bonds. The first kappa shape index (κ1) is 16.1. The highest BCUT2D eigenvalue weighted by molar-refractivity contribution is 5.87. The topological polar surface area (TPSA) is 59.9 Å². The average Bonchev–Trinajstić information content (AvgIpc) is 3.43. The van der Waals surface area contributed by atoms with Crippen molar-refractivity contribution in [1.82, 2.24) is 5.43 Å². The van der Waals surface area contributed by atoms with E-state index >= 15 is 0 Å². The minimum atomic E-state index is -0.0485. The maximum atomic E-state index is 12.2. The van der Waals surface area contributed by atoms with Crippen molar-refractivity contribution in [2.24, 2.45) is 11.0 Å². The number of hydrogen-bond donors (Lipinski definition) is 1. The molecule has 0 bridgehead atoms. The number of nitrogens with one attached hydrogen (secondary N) is 1. The van der Waals surface area contributed by atoms with Crippen LogP contribution < -0.4 is 14.9 Å². The molecule has 0 spiro atoms. The second kappa shape index (κ2) is 7.17. The van der Waals surface area contributed by atoms with Crippen LogP contribution in [-0.4, -0.2) is 26.3 Å². The van der Waals surface area contributed by atoms with Crippen LogP contribution in [0.2, 0.25) is 0 Å². The van der Waals surface area contributed by atoms with Crippen molar-refractivity contribution in [3.8, 4) is 11.5 Å². The summed E-state index contributed by atoms with van der Waals surface area (Å²) < 4.78 is 10.4. The Morgan fingerprint density at radius 2 is 1.96 bits per heavy atom. The van der Waals surface area contributed by atoms with E-state index in [1.807, 2.05) is 30.3 Å². The highest BCUT2D eigenvalue weighted by Gasteiger charge is 2.43. The van der Waals surface area contributed by atoms with E-state index in [1.54, 1.807) is 26.5 Å². The maximum Gasteiger partial charge on any atom is 0.243 e. The molecule has 1 aliphatic carbocycles. The highest BCUT2D eigenvalue weighted by atomic mass is 16.5. The van der Waals surface area contributed by atoms with Gasteiger partial charge in [0.25, 0.3) is 0 Å². The first-order valence-corrected chi connectivity index (χ1v) is 7.83. The largest absolute Gasteiger partial charge is 0.497 e. The fourth-order valence-electron chi connectivity index (χ4n) is 2.73. The fraction of sp³-hybridized carbons (Fsp3) is 0.263. The third-order valence-electron chi connectivity index (χ3n) is 4.17. The number of hydrazone groups is 1. The van der Waals surface area contributed by atoms with Crippen LogP contribution >= 0.6 is 0 Å². The van der Waals surface area contributed by atoms with Crippen LogP contribution in [-0.2, 0) is 4.79 Å². The summed E-state index contributed by atoms with van der Waals surface area (Å²) in [6.45, 7) is 0.